The summed E-state index contributed by atoms with van der Waals surface area (Å²) in [6, 6.07) is 3.86. The van der Waals surface area contributed by atoms with Crippen LogP contribution in [0.1, 0.15) is 70.7 Å². The number of nitrogens with two attached hydrogens (primary N) is 4. The second-order valence-corrected chi connectivity index (χ2v) is 8.82. The number of rotatable bonds is 10. The molecule has 1 aromatic heterocycles. The molecule has 0 saturated heterocycles. The Labute approximate surface area is 187 Å². The number of hydrazine groups is 2. The van der Waals surface area contributed by atoms with Crippen LogP contribution in [-0.4, -0.2) is 34.7 Å². The number of ether oxygens (including phenoxy) is 1. The first-order valence-electron chi connectivity index (χ1n) is 11.3. The molecule has 8 N–H and O–H groups in total. The van der Waals surface area contributed by atoms with Gasteiger partial charge >= 0.3 is 0 Å². The number of hydrogen-bond donors (Lipinski definition) is 4. The monoisotopic (exact) mass is 431 g/mol. The van der Waals surface area contributed by atoms with E-state index < -0.39 is 0 Å². The maximum Gasteiger partial charge on any atom is 0.141 e. The summed E-state index contributed by atoms with van der Waals surface area (Å²) >= 11 is 0. The van der Waals surface area contributed by atoms with Crippen LogP contribution in [0.25, 0.3) is 5.70 Å². The van der Waals surface area contributed by atoms with Crippen LogP contribution in [0, 0.1) is 5.92 Å². The predicted octanol–water partition coefficient (Wildman–Crippen LogP) is 2.81. The standard InChI is InChI=1S/C23H41N7O/c1-5-19-22(31-18-9-7-6-8-10-18)12-11-20(28-19)23(25)21(29(4)26)15-30(27)14-17(24)13-16(2)3/h11-12,14,16,18H,5-10,13,15,24-27H2,1-4H3/b17-14-,23-21-. The van der Waals surface area contributed by atoms with Gasteiger partial charge in [0.1, 0.15) is 5.75 Å². The summed E-state index contributed by atoms with van der Waals surface area (Å²) in [4.78, 5) is 4.78. The Hall–Kier alpha value is -2.45. The molecule has 1 aromatic rings. The van der Waals surface area contributed by atoms with Crippen molar-refractivity contribution in [2.45, 2.75) is 71.8 Å². The Kier molecular flexibility index (Phi) is 9.45. The summed E-state index contributed by atoms with van der Waals surface area (Å²) in [5.41, 5.74) is 16.0. The van der Waals surface area contributed by atoms with E-state index in [2.05, 4.69) is 20.8 Å². The average Bonchev–Trinajstić information content (AvgIpc) is 2.71. The highest BCUT2D eigenvalue weighted by atomic mass is 16.5. The maximum absolute atomic E-state index is 6.48. The van der Waals surface area contributed by atoms with Crippen LogP contribution in [-0.2, 0) is 6.42 Å². The molecule has 1 aliphatic carbocycles. The fraction of sp³-hybridized carbons (Fsp3) is 0.609. The van der Waals surface area contributed by atoms with Crippen molar-refractivity contribution in [3.05, 3.63) is 41.1 Å². The predicted molar refractivity (Wildman–Crippen MR) is 127 cm³/mol. The zero-order valence-electron chi connectivity index (χ0n) is 19.6. The van der Waals surface area contributed by atoms with Gasteiger partial charge < -0.3 is 26.2 Å². The van der Waals surface area contributed by atoms with Crippen molar-refractivity contribution in [1.29, 1.82) is 0 Å². The minimum atomic E-state index is 0.277. The minimum Gasteiger partial charge on any atom is -0.489 e. The van der Waals surface area contributed by atoms with Gasteiger partial charge in [0.05, 0.1) is 35.4 Å². The van der Waals surface area contributed by atoms with Crippen molar-refractivity contribution in [2.24, 2.45) is 29.1 Å². The Balaban J connectivity index is 2.23. The molecule has 8 heteroatoms. The Morgan fingerprint density at radius 2 is 1.87 bits per heavy atom. The van der Waals surface area contributed by atoms with Gasteiger partial charge in [0, 0.05) is 18.9 Å². The van der Waals surface area contributed by atoms with E-state index >= 15 is 0 Å². The van der Waals surface area contributed by atoms with Crippen molar-refractivity contribution in [3.63, 3.8) is 0 Å². The smallest absolute Gasteiger partial charge is 0.141 e. The molecular formula is C23H41N7O. The molecule has 8 nitrogen and oxygen atoms in total. The van der Waals surface area contributed by atoms with Gasteiger partial charge in [-0.05, 0) is 56.6 Å². The van der Waals surface area contributed by atoms with Crippen molar-refractivity contribution < 1.29 is 4.74 Å². The van der Waals surface area contributed by atoms with E-state index in [0.29, 0.717) is 35.2 Å². The van der Waals surface area contributed by atoms with Gasteiger partial charge in [-0.1, -0.05) is 27.2 Å². The van der Waals surface area contributed by atoms with Gasteiger partial charge in [0.25, 0.3) is 0 Å². The lowest BCUT2D eigenvalue weighted by molar-refractivity contribution is 0.153. The first kappa shape index (κ1) is 24.8. The summed E-state index contributed by atoms with van der Waals surface area (Å²) in [5.74, 6) is 13.5. The molecule has 0 aliphatic heterocycles. The van der Waals surface area contributed by atoms with Gasteiger partial charge in [0.15, 0.2) is 0 Å². The largest absolute Gasteiger partial charge is 0.489 e. The maximum atomic E-state index is 6.48. The highest BCUT2D eigenvalue weighted by molar-refractivity contribution is 5.63. The SMILES string of the molecule is CCc1nc(/C(N)=C(\CN(N)/C=C(\N)CC(C)C)N(C)N)ccc1OC1CCCCC1. The fourth-order valence-corrected chi connectivity index (χ4v) is 3.85. The fourth-order valence-electron chi connectivity index (χ4n) is 3.85. The zero-order valence-corrected chi connectivity index (χ0v) is 19.6. The van der Waals surface area contributed by atoms with Crippen LogP contribution in [0.2, 0.25) is 0 Å². The Morgan fingerprint density at radius 1 is 1.19 bits per heavy atom. The molecule has 31 heavy (non-hydrogen) atoms. The van der Waals surface area contributed by atoms with Crippen molar-refractivity contribution in [3.8, 4) is 5.75 Å². The molecule has 174 valence electrons. The van der Waals surface area contributed by atoms with Gasteiger partial charge in [-0.3, -0.25) is 0 Å². The van der Waals surface area contributed by atoms with Gasteiger partial charge in [-0.2, -0.15) is 0 Å². The third-order valence-electron chi connectivity index (χ3n) is 5.43. The van der Waals surface area contributed by atoms with E-state index in [0.717, 1.165) is 37.1 Å². The molecule has 1 fully saturated rings. The molecule has 0 amide bonds. The zero-order chi connectivity index (χ0) is 23.0. The molecule has 0 bridgehead atoms. The van der Waals surface area contributed by atoms with Crippen molar-refractivity contribution in [1.82, 2.24) is 15.0 Å². The van der Waals surface area contributed by atoms with E-state index in [9.17, 15) is 0 Å². The molecule has 1 saturated carbocycles. The molecule has 1 aliphatic rings. The quantitative estimate of drug-likeness (QED) is 0.328. The summed E-state index contributed by atoms with van der Waals surface area (Å²) < 4.78 is 6.26. The lowest BCUT2D eigenvalue weighted by Crippen LogP contribution is -2.38. The third kappa shape index (κ3) is 7.63. The van der Waals surface area contributed by atoms with Crippen molar-refractivity contribution in [2.75, 3.05) is 13.6 Å². The number of pyridine rings is 1. The van der Waals surface area contributed by atoms with E-state index in [-0.39, 0.29) is 6.10 Å². The van der Waals surface area contributed by atoms with Crippen LogP contribution >= 0.6 is 0 Å². The molecule has 2 rings (SSSR count). The van der Waals surface area contributed by atoms with Gasteiger partial charge in [-0.15, -0.1) is 0 Å². The second kappa shape index (κ2) is 11.8. The average molecular weight is 432 g/mol. The summed E-state index contributed by atoms with van der Waals surface area (Å²) in [5, 5.41) is 2.98. The number of aryl methyl sites for hydroxylation is 1. The number of allylic oxidation sites excluding steroid dienone is 1. The minimum absolute atomic E-state index is 0.277. The van der Waals surface area contributed by atoms with E-state index in [4.69, 9.17) is 32.9 Å². The number of hydrogen-bond acceptors (Lipinski definition) is 8. The summed E-state index contributed by atoms with van der Waals surface area (Å²) in [7, 11) is 1.73. The molecule has 0 atom stereocenters. The van der Waals surface area contributed by atoms with E-state index in [1.54, 1.807) is 13.2 Å². The van der Waals surface area contributed by atoms with Gasteiger partial charge in [0.2, 0.25) is 0 Å². The van der Waals surface area contributed by atoms with Crippen LogP contribution in [0.3, 0.4) is 0 Å². The number of nitrogens with zero attached hydrogens (tertiary/aromatic N) is 3. The normalized spacial score (nSPS) is 16.3. The topological polar surface area (TPSA) is 133 Å². The lowest BCUT2D eigenvalue weighted by atomic mass is 9.98. The summed E-state index contributed by atoms with van der Waals surface area (Å²) in [6.07, 6.45) is 9.49. The first-order chi connectivity index (χ1) is 14.7. The van der Waals surface area contributed by atoms with Crippen molar-refractivity contribution >= 4 is 5.70 Å². The molecular weight excluding hydrogens is 390 g/mol. The summed E-state index contributed by atoms with van der Waals surface area (Å²) in [6.45, 7) is 6.59. The van der Waals surface area contributed by atoms with Crippen LogP contribution in [0.5, 0.6) is 5.75 Å². The second-order valence-electron chi connectivity index (χ2n) is 8.82. The highest BCUT2D eigenvalue weighted by Crippen LogP contribution is 2.27. The molecule has 0 spiro atoms. The first-order valence-corrected chi connectivity index (χ1v) is 11.3. The molecule has 1 heterocycles. The molecule has 0 aromatic carbocycles. The highest BCUT2D eigenvalue weighted by Gasteiger charge is 2.18. The molecule has 0 radical (unpaired) electrons. The number of aromatic nitrogens is 1. The van der Waals surface area contributed by atoms with Crippen LogP contribution < -0.4 is 27.9 Å². The van der Waals surface area contributed by atoms with Crippen LogP contribution in [0.15, 0.2) is 29.7 Å². The number of likely N-dealkylation sites (N-methyl/N-ethyl adjacent to an activating group) is 1. The Bertz CT molecular complexity index is 767. The third-order valence-corrected chi connectivity index (χ3v) is 5.43. The molecule has 0 unspecified atom stereocenters. The van der Waals surface area contributed by atoms with Crippen LogP contribution in [0.4, 0.5) is 0 Å². The van der Waals surface area contributed by atoms with Gasteiger partial charge in [-0.25, -0.2) is 16.7 Å². The van der Waals surface area contributed by atoms with E-state index in [1.807, 2.05) is 12.1 Å². The van der Waals surface area contributed by atoms with E-state index in [1.165, 1.54) is 29.3 Å². The Morgan fingerprint density at radius 3 is 2.45 bits per heavy atom. The lowest BCUT2D eigenvalue weighted by Gasteiger charge is -2.25.